The molecule has 7 heteroatoms. The Morgan fingerprint density at radius 3 is 2.61 bits per heavy atom. The van der Waals surface area contributed by atoms with Crippen LogP contribution in [0.2, 0.25) is 19.6 Å². The van der Waals surface area contributed by atoms with Crippen LogP contribution in [0.3, 0.4) is 0 Å². The van der Waals surface area contributed by atoms with Crippen LogP contribution in [-0.4, -0.2) is 40.1 Å². The van der Waals surface area contributed by atoms with E-state index in [-0.39, 0.29) is 5.92 Å². The fourth-order valence-corrected chi connectivity index (χ4v) is 2.88. The molecule has 0 unspecified atom stereocenters. The maximum Gasteiger partial charge on any atom is 0.201 e. The maximum atomic E-state index is 9.47. The monoisotopic (exact) mass is 332 g/mol. The fourth-order valence-electron chi connectivity index (χ4n) is 2.30. The van der Waals surface area contributed by atoms with Crippen LogP contribution in [0.5, 0.6) is 5.75 Å². The van der Waals surface area contributed by atoms with Crippen LogP contribution in [0.4, 0.5) is 0 Å². The van der Waals surface area contributed by atoms with E-state index in [4.69, 9.17) is 4.74 Å². The summed E-state index contributed by atoms with van der Waals surface area (Å²) in [6.07, 6.45) is 3.66. The van der Waals surface area contributed by atoms with Crippen molar-refractivity contribution in [3.05, 3.63) is 42.0 Å². The predicted octanol–water partition coefficient (Wildman–Crippen LogP) is 3.34. The van der Waals surface area contributed by atoms with Gasteiger partial charge in [-0.1, -0.05) is 50.8 Å². The lowest BCUT2D eigenvalue weighted by Gasteiger charge is -2.22. The van der Waals surface area contributed by atoms with Gasteiger partial charge in [-0.05, 0) is 12.0 Å². The molecule has 0 amide bonds. The van der Waals surface area contributed by atoms with Gasteiger partial charge in [0, 0.05) is 11.1 Å². The number of rotatable bonds is 5. The molecule has 2 aromatic rings. The van der Waals surface area contributed by atoms with Crippen LogP contribution in [0.1, 0.15) is 30.9 Å². The predicted molar refractivity (Wildman–Crippen MR) is 93.1 cm³/mol. The second-order valence-corrected chi connectivity index (χ2v) is 12.4. The van der Waals surface area contributed by atoms with E-state index < -0.39 is 8.07 Å². The van der Waals surface area contributed by atoms with Crippen molar-refractivity contribution in [3.63, 3.8) is 0 Å². The van der Waals surface area contributed by atoms with Crippen LogP contribution >= 0.6 is 0 Å². The Bertz CT molecular complexity index is 676. The fraction of sp³-hybridized carbons (Fsp3) is 0.438. The summed E-state index contributed by atoms with van der Waals surface area (Å²) in [6, 6.07) is 5.78. The van der Waals surface area contributed by atoms with Gasteiger partial charge in [0.05, 0.1) is 14.3 Å². The highest BCUT2D eigenvalue weighted by atomic mass is 28.3. The van der Waals surface area contributed by atoms with Gasteiger partial charge in [0.1, 0.15) is 18.4 Å². The Balaban J connectivity index is 2.48. The Hall–Kier alpha value is -2.15. The summed E-state index contributed by atoms with van der Waals surface area (Å²) in [5.74, 6) is 1.38. The van der Waals surface area contributed by atoms with Crippen molar-refractivity contribution in [1.82, 2.24) is 14.8 Å². The van der Waals surface area contributed by atoms with Gasteiger partial charge < -0.3 is 9.94 Å². The molecule has 0 aliphatic carbocycles. The highest BCUT2D eigenvalue weighted by Crippen LogP contribution is 2.31. The zero-order valence-corrected chi connectivity index (χ0v) is 15.3. The molecule has 1 aromatic carbocycles. The Kier molecular flexibility index (Phi) is 5.20. The van der Waals surface area contributed by atoms with Crippen LogP contribution in [0, 0.1) is 0 Å². The van der Waals surface area contributed by atoms with Crippen molar-refractivity contribution < 1.29 is 9.94 Å². The van der Waals surface area contributed by atoms with E-state index in [1.54, 1.807) is 0 Å². The number of hydrogen-bond acceptors (Lipinski definition) is 5. The van der Waals surface area contributed by atoms with Gasteiger partial charge >= 0.3 is 0 Å². The quantitative estimate of drug-likeness (QED) is 0.300. The van der Waals surface area contributed by atoms with E-state index in [1.807, 2.05) is 18.2 Å². The van der Waals surface area contributed by atoms with E-state index >= 15 is 0 Å². The number of hydrogen-bond donors (Lipinski definition) is 1. The summed E-state index contributed by atoms with van der Waals surface area (Å²) < 4.78 is 7.54. The van der Waals surface area contributed by atoms with E-state index in [0.29, 0.717) is 5.84 Å². The maximum absolute atomic E-state index is 9.47. The molecule has 0 fully saturated rings. The average Bonchev–Trinajstić information content (AvgIpc) is 2.99. The molecule has 0 bridgehead atoms. The lowest BCUT2D eigenvalue weighted by molar-refractivity contribution is 0.316. The van der Waals surface area contributed by atoms with Crippen LogP contribution in [0.15, 0.2) is 36.0 Å². The summed E-state index contributed by atoms with van der Waals surface area (Å²) >= 11 is 0. The second-order valence-electron chi connectivity index (χ2n) is 6.99. The minimum Gasteiger partial charge on any atom is -0.497 e. The van der Waals surface area contributed by atoms with Gasteiger partial charge in [-0.25, -0.2) is 4.98 Å². The Labute approximate surface area is 137 Å². The number of oxime groups is 1. The standard InChI is InChI=1S/C16H24N4O2Si/c1-12(2)15-13(16(19-21)20-10-17-9-18-20)7-6-8-14(15)22-11-23(3,4)5/h6-10,12,21H,11H2,1-5H3. The van der Waals surface area contributed by atoms with E-state index in [1.165, 1.54) is 17.3 Å². The molecule has 0 saturated heterocycles. The largest absolute Gasteiger partial charge is 0.497 e. The minimum atomic E-state index is -1.33. The molecule has 0 saturated carbocycles. The normalized spacial score (nSPS) is 12.7. The lowest BCUT2D eigenvalue weighted by Crippen LogP contribution is -2.30. The molecule has 0 spiro atoms. The van der Waals surface area contributed by atoms with Crippen molar-refractivity contribution in [2.75, 3.05) is 6.23 Å². The third-order valence-electron chi connectivity index (χ3n) is 3.28. The molecular formula is C16H24N4O2Si. The smallest absolute Gasteiger partial charge is 0.201 e. The second kappa shape index (κ2) is 6.95. The van der Waals surface area contributed by atoms with Gasteiger partial charge in [-0.2, -0.15) is 9.78 Å². The third-order valence-corrected chi connectivity index (χ3v) is 4.29. The molecule has 0 radical (unpaired) electrons. The van der Waals surface area contributed by atoms with E-state index in [9.17, 15) is 5.21 Å². The van der Waals surface area contributed by atoms with Gasteiger partial charge in [0.15, 0.2) is 0 Å². The molecule has 0 aliphatic heterocycles. The van der Waals surface area contributed by atoms with E-state index in [0.717, 1.165) is 23.1 Å². The molecule has 1 aromatic heterocycles. The first-order valence-corrected chi connectivity index (χ1v) is 11.4. The van der Waals surface area contributed by atoms with Gasteiger partial charge in [0.2, 0.25) is 5.84 Å². The topological polar surface area (TPSA) is 72.5 Å². The molecule has 124 valence electrons. The first kappa shape index (κ1) is 17.2. The summed E-state index contributed by atoms with van der Waals surface area (Å²) in [4.78, 5) is 3.92. The molecule has 23 heavy (non-hydrogen) atoms. The summed E-state index contributed by atoms with van der Waals surface area (Å²) in [7, 11) is -1.33. The third kappa shape index (κ3) is 4.19. The summed E-state index contributed by atoms with van der Waals surface area (Å²) in [5.41, 5.74) is 1.80. The lowest BCUT2D eigenvalue weighted by atomic mass is 9.95. The molecule has 1 heterocycles. The SMILES string of the molecule is CC(C)c1c(OC[Si](C)(C)C)cccc1C(=NO)n1cncn1. The Morgan fingerprint density at radius 1 is 1.35 bits per heavy atom. The van der Waals surface area contributed by atoms with Crippen molar-refractivity contribution in [2.24, 2.45) is 5.16 Å². The molecule has 0 aliphatic rings. The first-order valence-electron chi connectivity index (χ1n) is 7.66. The van der Waals surface area contributed by atoms with Crippen LogP contribution in [-0.2, 0) is 0 Å². The zero-order valence-electron chi connectivity index (χ0n) is 14.3. The highest BCUT2D eigenvalue weighted by Gasteiger charge is 2.21. The van der Waals surface area contributed by atoms with Gasteiger partial charge in [-0.3, -0.25) is 0 Å². The molecular weight excluding hydrogens is 308 g/mol. The molecule has 0 atom stereocenters. The van der Waals surface area contributed by atoms with Gasteiger partial charge in [-0.15, -0.1) is 0 Å². The summed E-state index contributed by atoms with van der Waals surface area (Å²) in [6.45, 7) is 11.0. The molecule has 6 nitrogen and oxygen atoms in total. The van der Waals surface area contributed by atoms with Crippen molar-refractivity contribution in [3.8, 4) is 5.75 Å². The molecule has 1 N–H and O–H groups in total. The number of aromatic nitrogens is 3. The van der Waals surface area contributed by atoms with E-state index in [2.05, 4.69) is 48.7 Å². The van der Waals surface area contributed by atoms with Crippen LogP contribution < -0.4 is 4.74 Å². The first-order chi connectivity index (χ1) is 10.8. The van der Waals surface area contributed by atoms with Crippen molar-refractivity contribution in [1.29, 1.82) is 0 Å². The zero-order chi connectivity index (χ0) is 17.0. The van der Waals surface area contributed by atoms with Crippen molar-refractivity contribution in [2.45, 2.75) is 39.4 Å². The number of nitrogens with zero attached hydrogens (tertiary/aromatic N) is 4. The van der Waals surface area contributed by atoms with Gasteiger partial charge in [0.25, 0.3) is 0 Å². The average molecular weight is 332 g/mol. The Morgan fingerprint density at radius 2 is 2.09 bits per heavy atom. The minimum absolute atomic E-state index is 0.211. The highest BCUT2D eigenvalue weighted by molar-refractivity contribution is 6.76. The molecule has 2 rings (SSSR count). The van der Waals surface area contributed by atoms with Crippen LogP contribution in [0.25, 0.3) is 0 Å². The number of ether oxygens (including phenoxy) is 1. The van der Waals surface area contributed by atoms with Crippen molar-refractivity contribution >= 4 is 13.9 Å². The summed E-state index contributed by atoms with van der Waals surface area (Å²) in [5, 5.41) is 17.0. The number of benzene rings is 1.